The molecule has 6 heteroatoms. The third-order valence-corrected chi connectivity index (χ3v) is 5.01. The van der Waals surface area contributed by atoms with Crippen LogP contribution in [0.3, 0.4) is 0 Å². The molecule has 1 aromatic rings. The lowest BCUT2D eigenvalue weighted by molar-refractivity contribution is -0.00476. The van der Waals surface area contributed by atoms with Gasteiger partial charge in [0.15, 0.2) is 0 Å². The Morgan fingerprint density at radius 3 is 2.38 bits per heavy atom. The van der Waals surface area contributed by atoms with E-state index in [1.54, 1.807) is 0 Å². The summed E-state index contributed by atoms with van der Waals surface area (Å²) in [7, 11) is -1.39. The predicted molar refractivity (Wildman–Crippen MR) is 83.4 cm³/mol. The Bertz CT molecular complexity index is 537. The van der Waals surface area contributed by atoms with Crippen LogP contribution in [0.5, 0.6) is 0 Å². The van der Waals surface area contributed by atoms with Gasteiger partial charge in [0, 0.05) is 19.2 Å². The fourth-order valence-electron chi connectivity index (χ4n) is 2.51. The van der Waals surface area contributed by atoms with Gasteiger partial charge in [-0.1, -0.05) is 24.3 Å². The summed E-state index contributed by atoms with van der Waals surface area (Å²) >= 11 is 0. The lowest BCUT2D eigenvalue weighted by atomic mass is 9.90. The minimum Gasteiger partial charge on any atom is -0.378 e. The van der Waals surface area contributed by atoms with Gasteiger partial charge in [-0.15, -0.1) is 0 Å². The smallest absolute Gasteiger partial charge is 0.216 e. The molecule has 0 aliphatic heterocycles. The summed E-state index contributed by atoms with van der Waals surface area (Å²) in [5.74, 6) is 0.0304. The zero-order valence-corrected chi connectivity index (χ0v) is 13.4. The molecule has 0 spiro atoms. The quantitative estimate of drug-likeness (QED) is 0.761. The monoisotopic (exact) mass is 312 g/mol. The van der Waals surface area contributed by atoms with Crippen LogP contribution in [-0.2, 0) is 27.1 Å². The largest absolute Gasteiger partial charge is 0.378 e. The molecule has 1 aromatic carbocycles. The van der Waals surface area contributed by atoms with Gasteiger partial charge in [-0.05, 0) is 37.9 Å². The fourth-order valence-corrected chi connectivity index (χ4v) is 3.92. The first-order chi connectivity index (χ1) is 10.0. The maximum Gasteiger partial charge on any atom is 0.216 e. The number of nitrogens with one attached hydrogen (secondary N) is 2. The van der Waals surface area contributed by atoms with Gasteiger partial charge in [0.25, 0.3) is 0 Å². The summed E-state index contributed by atoms with van der Waals surface area (Å²) in [6.07, 6.45) is 1.76. The van der Waals surface area contributed by atoms with E-state index in [-0.39, 0.29) is 17.9 Å². The van der Waals surface area contributed by atoms with Crippen molar-refractivity contribution in [1.29, 1.82) is 0 Å². The number of hydrogen-bond donors (Lipinski definition) is 2. The SMILES string of the molecule is CCOC1CC(NS(=O)(=O)Cc2ccc(CNC)cc2)C1. The number of sulfonamides is 1. The highest BCUT2D eigenvalue weighted by Crippen LogP contribution is 2.24. The van der Waals surface area contributed by atoms with E-state index in [4.69, 9.17) is 4.74 Å². The summed E-state index contributed by atoms with van der Waals surface area (Å²) in [6, 6.07) is 7.67. The van der Waals surface area contributed by atoms with E-state index in [0.717, 1.165) is 30.5 Å². The van der Waals surface area contributed by atoms with Crippen molar-refractivity contribution < 1.29 is 13.2 Å². The summed E-state index contributed by atoms with van der Waals surface area (Å²) in [6.45, 7) is 3.42. The predicted octanol–water partition coefficient (Wildman–Crippen LogP) is 1.39. The molecule has 0 unspecified atom stereocenters. The topological polar surface area (TPSA) is 67.4 Å². The highest BCUT2D eigenvalue weighted by Gasteiger charge is 2.32. The number of benzene rings is 1. The Morgan fingerprint density at radius 2 is 1.81 bits per heavy atom. The summed E-state index contributed by atoms with van der Waals surface area (Å²) in [5.41, 5.74) is 1.95. The van der Waals surface area contributed by atoms with Crippen LogP contribution < -0.4 is 10.0 Å². The van der Waals surface area contributed by atoms with Crippen molar-refractivity contribution in [2.75, 3.05) is 13.7 Å². The normalized spacial score (nSPS) is 22.0. The Balaban J connectivity index is 1.83. The molecule has 0 aromatic heterocycles. The number of rotatable bonds is 8. The van der Waals surface area contributed by atoms with Gasteiger partial charge in [0.1, 0.15) is 0 Å². The molecule has 2 rings (SSSR count). The molecular formula is C15H24N2O3S. The maximum atomic E-state index is 12.1. The van der Waals surface area contributed by atoms with Gasteiger partial charge in [-0.25, -0.2) is 13.1 Å². The molecule has 1 aliphatic carbocycles. The standard InChI is InChI=1S/C15H24N2O3S/c1-3-20-15-8-14(9-15)17-21(18,19)11-13-6-4-12(5-7-13)10-16-2/h4-7,14-17H,3,8-11H2,1-2H3. The molecular weight excluding hydrogens is 288 g/mol. The van der Waals surface area contributed by atoms with Crippen LogP contribution >= 0.6 is 0 Å². The minimum atomic E-state index is -3.28. The van der Waals surface area contributed by atoms with Gasteiger partial charge < -0.3 is 10.1 Å². The van der Waals surface area contributed by atoms with Crippen molar-refractivity contribution in [2.24, 2.45) is 0 Å². The van der Waals surface area contributed by atoms with Crippen LogP contribution in [0.15, 0.2) is 24.3 Å². The Labute approximate surface area is 127 Å². The molecule has 0 saturated heterocycles. The van der Waals surface area contributed by atoms with E-state index < -0.39 is 10.0 Å². The Hall–Kier alpha value is -0.950. The molecule has 0 amide bonds. The van der Waals surface area contributed by atoms with Crippen LogP contribution in [0.4, 0.5) is 0 Å². The van der Waals surface area contributed by atoms with Crippen molar-refractivity contribution in [1.82, 2.24) is 10.0 Å². The fraction of sp³-hybridized carbons (Fsp3) is 0.600. The molecule has 118 valence electrons. The second-order valence-corrected chi connectivity index (χ2v) is 7.22. The van der Waals surface area contributed by atoms with Crippen molar-refractivity contribution in [2.45, 2.75) is 44.2 Å². The van der Waals surface area contributed by atoms with Crippen LogP contribution in [0.1, 0.15) is 30.9 Å². The van der Waals surface area contributed by atoms with Crippen molar-refractivity contribution in [3.63, 3.8) is 0 Å². The molecule has 0 atom stereocenters. The molecule has 0 bridgehead atoms. The average molecular weight is 312 g/mol. The van der Waals surface area contributed by atoms with Crippen molar-refractivity contribution >= 4 is 10.0 Å². The van der Waals surface area contributed by atoms with Gasteiger partial charge in [0.2, 0.25) is 10.0 Å². The van der Waals surface area contributed by atoms with E-state index >= 15 is 0 Å². The van der Waals surface area contributed by atoms with Crippen molar-refractivity contribution in [3.05, 3.63) is 35.4 Å². The van der Waals surface area contributed by atoms with Crippen LogP contribution in [0.2, 0.25) is 0 Å². The summed E-state index contributed by atoms with van der Waals surface area (Å²) in [5, 5.41) is 3.06. The van der Waals surface area contributed by atoms with Crippen LogP contribution in [0.25, 0.3) is 0 Å². The van der Waals surface area contributed by atoms with Gasteiger partial charge >= 0.3 is 0 Å². The highest BCUT2D eigenvalue weighted by molar-refractivity contribution is 7.88. The molecule has 1 fully saturated rings. The van der Waals surface area contributed by atoms with Gasteiger partial charge in [0.05, 0.1) is 11.9 Å². The third-order valence-electron chi connectivity index (χ3n) is 3.60. The van der Waals surface area contributed by atoms with Crippen LogP contribution in [0, 0.1) is 0 Å². The van der Waals surface area contributed by atoms with Gasteiger partial charge in [-0.2, -0.15) is 0 Å². The van der Waals surface area contributed by atoms with Crippen LogP contribution in [-0.4, -0.2) is 34.2 Å². The Morgan fingerprint density at radius 1 is 1.19 bits per heavy atom. The maximum absolute atomic E-state index is 12.1. The van der Waals surface area contributed by atoms with E-state index in [1.165, 1.54) is 0 Å². The van der Waals surface area contributed by atoms with Gasteiger partial charge in [-0.3, -0.25) is 0 Å². The molecule has 1 aliphatic rings. The first-order valence-electron chi connectivity index (χ1n) is 7.36. The first-order valence-corrected chi connectivity index (χ1v) is 9.01. The van der Waals surface area contributed by atoms with E-state index in [9.17, 15) is 8.42 Å². The van der Waals surface area contributed by atoms with E-state index in [0.29, 0.717) is 6.61 Å². The van der Waals surface area contributed by atoms with Crippen molar-refractivity contribution in [3.8, 4) is 0 Å². The summed E-state index contributed by atoms with van der Waals surface area (Å²) < 4.78 is 32.4. The molecule has 1 saturated carbocycles. The summed E-state index contributed by atoms with van der Waals surface area (Å²) in [4.78, 5) is 0. The first kappa shape index (κ1) is 16.4. The molecule has 21 heavy (non-hydrogen) atoms. The lowest BCUT2D eigenvalue weighted by Crippen LogP contribution is -2.48. The molecule has 0 heterocycles. The zero-order chi connectivity index (χ0) is 15.3. The second kappa shape index (κ2) is 7.35. The Kier molecular flexibility index (Phi) is 5.75. The highest BCUT2D eigenvalue weighted by atomic mass is 32.2. The number of hydrogen-bond acceptors (Lipinski definition) is 4. The van der Waals surface area contributed by atoms with E-state index in [1.807, 2.05) is 38.2 Å². The molecule has 0 radical (unpaired) electrons. The van der Waals surface area contributed by atoms with E-state index in [2.05, 4.69) is 10.0 Å². The molecule has 5 nitrogen and oxygen atoms in total. The lowest BCUT2D eigenvalue weighted by Gasteiger charge is -2.35. The third kappa shape index (κ3) is 5.07. The second-order valence-electron chi connectivity index (χ2n) is 5.47. The minimum absolute atomic E-state index is 0.0233. The zero-order valence-electron chi connectivity index (χ0n) is 12.6. The average Bonchev–Trinajstić information content (AvgIpc) is 2.38. The number of ether oxygens (including phenoxy) is 1. The molecule has 2 N–H and O–H groups in total.